The summed E-state index contributed by atoms with van der Waals surface area (Å²) in [6.45, 7) is 1.05. The quantitative estimate of drug-likeness (QED) is 0.838. The lowest BCUT2D eigenvalue weighted by Crippen LogP contribution is -2.45. The fourth-order valence-electron chi connectivity index (χ4n) is 3.52. The smallest absolute Gasteiger partial charge is 0.0743 e. The summed E-state index contributed by atoms with van der Waals surface area (Å²) >= 11 is 0. The van der Waals surface area contributed by atoms with Gasteiger partial charge in [0.25, 0.3) is 0 Å². The van der Waals surface area contributed by atoms with Crippen LogP contribution in [0.2, 0.25) is 0 Å². The maximum absolute atomic E-state index is 10.1. The molecule has 3 nitrogen and oxygen atoms in total. The Kier molecular flexibility index (Phi) is 3.27. The maximum Gasteiger partial charge on any atom is 0.0743 e. The van der Waals surface area contributed by atoms with Gasteiger partial charge < -0.3 is 15.3 Å². The minimum atomic E-state index is -0.149. The number of aliphatic hydroxyl groups excluding tert-OH is 1. The molecule has 3 rings (SSSR count). The Hall–Kier alpha value is -1.06. The summed E-state index contributed by atoms with van der Waals surface area (Å²) in [5.41, 5.74) is 2.69. The largest absolute Gasteiger partial charge is 0.391 e. The number of anilines is 1. The molecule has 1 saturated carbocycles. The molecule has 0 saturated heterocycles. The molecule has 1 aliphatic carbocycles. The molecule has 1 fully saturated rings. The zero-order valence-corrected chi connectivity index (χ0v) is 11.0. The average Bonchev–Trinajstić information content (AvgIpc) is 2.83. The minimum absolute atomic E-state index is 0.149. The summed E-state index contributed by atoms with van der Waals surface area (Å²) in [7, 11) is 2.03. The number of rotatable bonds is 2. The van der Waals surface area contributed by atoms with Gasteiger partial charge in [-0.25, -0.2) is 0 Å². The summed E-state index contributed by atoms with van der Waals surface area (Å²) < 4.78 is 0. The number of nitrogens with zero attached hydrogens (tertiary/aromatic N) is 1. The molecule has 0 aromatic heterocycles. The molecule has 1 aromatic carbocycles. The molecule has 98 valence electrons. The Bertz CT molecular complexity index is 421. The van der Waals surface area contributed by atoms with E-state index in [0.29, 0.717) is 12.1 Å². The molecule has 18 heavy (non-hydrogen) atoms. The van der Waals surface area contributed by atoms with Gasteiger partial charge in [0.1, 0.15) is 0 Å². The lowest BCUT2D eigenvalue weighted by atomic mass is 9.94. The van der Waals surface area contributed by atoms with Crippen LogP contribution in [0.25, 0.3) is 0 Å². The Morgan fingerprint density at radius 1 is 1.22 bits per heavy atom. The Morgan fingerprint density at radius 2 is 2.06 bits per heavy atom. The molecule has 1 aromatic rings. The SMILES string of the molecule is CNC1CCN(C2CCCC2O)c2ccccc21. The zero-order valence-electron chi connectivity index (χ0n) is 11.0. The Morgan fingerprint density at radius 3 is 2.78 bits per heavy atom. The van der Waals surface area contributed by atoms with E-state index in [1.165, 1.54) is 11.3 Å². The zero-order chi connectivity index (χ0) is 12.5. The molecule has 3 atom stereocenters. The number of hydrogen-bond acceptors (Lipinski definition) is 3. The van der Waals surface area contributed by atoms with Crippen LogP contribution in [0.3, 0.4) is 0 Å². The van der Waals surface area contributed by atoms with Gasteiger partial charge in [-0.15, -0.1) is 0 Å². The highest BCUT2D eigenvalue weighted by atomic mass is 16.3. The molecule has 0 amide bonds. The van der Waals surface area contributed by atoms with Crippen LogP contribution in [0.4, 0.5) is 5.69 Å². The van der Waals surface area contributed by atoms with E-state index in [0.717, 1.165) is 32.2 Å². The summed E-state index contributed by atoms with van der Waals surface area (Å²) in [5.74, 6) is 0. The normalized spacial score (nSPS) is 31.4. The van der Waals surface area contributed by atoms with Crippen LogP contribution in [0.15, 0.2) is 24.3 Å². The number of hydrogen-bond donors (Lipinski definition) is 2. The van der Waals surface area contributed by atoms with E-state index in [9.17, 15) is 5.11 Å². The van der Waals surface area contributed by atoms with Crippen LogP contribution >= 0.6 is 0 Å². The monoisotopic (exact) mass is 246 g/mol. The number of fused-ring (bicyclic) bond motifs is 1. The van der Waals surface area contributed by atoms with Crippen molar-refractivity contribution in [3.8, 4) is 0 Å². The van der Waals surface area contributed by atoms with Gasteiger partial charge in [-0.05, 0) is 44.4 Å². The van der Waals surface area contributed by atoms with Gasteiger partial charge in [0.15, 0.2) is 0 Å². The standard InChI is InChI=1S/C15H22N2O/c1-16-12-9-10-17(14-7-4-8-15(14)18)13-6-3-2-5-11(12)13/h2-3,5-6,12,14-16,18H,4,7-10H2,1H3. The second kappa shape index (κ2) is 4.90. The predicted octanol–water partition coefficient (Wildman–Crippen LogP) is 2.07. The van der Waals surface area contributed by atoms with Crippen LogP contribution < -0.4 is 10.2 Å². The van der Waals surface area contributed by atoms with Gasteiger partial charge in [0.2, 0.25) is 0 Å². The number of nitrogens with one attached hydrogen (secondary N) is 1. The van der Waals surface area contributed by atoms with Gasteiger partial charge >= 0.3 is 0 Å². The highest BCUT2D eigenvalue weighted by Crippen LogP contribution is 2.38. The number of para-hydroxylation sites is 1. The number of aliphatic hydroxyl groups is 1. The van der Waals surface area contributed by atoms with Crippen molar-refractivity contribution in [3.05, 3.63) is 29.8 Å². The average molecular weight is 246 g/mol. The van der Waals surface area contributed by atoms with E-state index < -0.39 is 0 Å². The van der Waals surface area contributed by atoms with Crippen molar-refractivity contribution in [1.82, 2.24) is 5.32 Å². The molecular formula is C15H22N2O. The summed E-state index contributed by atoms with van der Waals surface area (Å²) in [5, 5.41) is 13.5. The fourth-order valence-corrected chi connectivity index (χ4v) is 3.52. The minimum Gasteiger partial charge on any atom is -0.391 e. The van der Waals surface area contributed by atoms with E-state index >= 15 is 0 Å². The number of benzene rings is 1. The third-order valence-electron chi connectivity index (χ3n) is 4.47. The van der Waals surface area contributed by atoms with Crippen molar-refractivity contribution < 1.29 is 5.11 Å². The molecule has 1 aliphatic heterocycles. The van der Waals surface area contributed by atoms with Gasteiger partial charge in [0.05, 0.1) is 12.1 Å². The summed E-state index contributed by atoms with van der Waals surface area (Å²) in [4.78, 5) is 2.43. The third kappa shape index (κ3) is 1.91. The van der Waals surface area contributed by atoms with Crippen LogP contribution in [-0.2, 0) is 0 Å². The Labute approximate surface area is 109 Å². The van der Waals surface area contributed by atoms with Crippen molar-refractivity contribution in [2.24, 2.45) is 0 Å². The molecule has 3 heteroatoms. The molecule has 2 N–H and O–H groups in total. The molecule has 0 radical (unpaired) electrons. The molecule has 2 aliphatic rings. The first-order chi connectivity index (χ1) is 8.81. The van der Waals surface area contributed by atoms with Crippen LogP contribution in [0, 0.1) is 0 Å². The van der Waals surface area contributed by atoms with Crippen molar-refractivity contribution in [2.45, 2.75) is 43.9 Å². The first kappa shape index (κ1) is 12.0. The lowest BCUT2D eigenvalue weighted by Gasteiger charge is -2.40. The van der Waals surface area contributed by atoms with E-state index in [1.54, 1.807) is 0 Å². The van der Waals surface area contributed by atoms with Crippen LogP contribution in [0.5, 0.6) is 0 Å². The van der Waals surface area contributed by atoms with E-state index in [4.69, 9.17) is 0 Å². The third-order valence-corrected chi connectivity index (χ3v) is 4.47. The van der Waals surface area contributed by atoms with E-state index in [2.05, 4.69) is 34.5 Å². The second-order valence-corrected chi connectivity index (χ2v) is 5.45. The highest BCUT2D eigenvalue weighted by molar-refractivity contribution is 5.58. The molecule has 0 spiro atoms. The summed E-state index contributed by atoms with van der Waals surface area (Å²) in [6.07, 6.45) is 4.21. The van der Waals surface area contributed by atoms with Gasteiger partial charge in [-0.2, -0.15) is 0 Å². The first-order valence-electron chi connectivity index (χ1n) is 7.02. The van der Waals surface area contributed by atoms with Crippen molar-refractivity contribution >= 4 is 5.69 Å². The summed E-state index contributed by atoms with van der Waals surface area (Å²) in [6, 6.07) is 9.40. The van der Waals surface area contributed by atoms with E-state index in [-0.39, 0.29) is 6.10 Å². The van der Waals surface area contributed by atoms with Crippen LogP contribution in [0.1, 0.15) is 37.3 Å². The van der Waals surface area contributed by atoms with E-state index in [1.807, 2.05) is 7.05 Å². The molecule has 1 heterocycles. The van der Waals surface area contributed by atoms with Crippen molar-refractivity contribution in [3.63, 3.8) is 0 Å². The van der Waals surface area contributed by atoms with Crippen molar-refractivity contribution in [1.29, 1.82) is 0 Å². The molecule has 0 bridgehead atoms. The fraction of sp³-hybridized carbons (Fsp3) is 0.600. The van der Waals surface area contributed by atoms with Crippen LogP contribution in [-0.4, -0.2) is 30.8 Å². The van der Waals surface area contributed by atoms with Gasteiger partial charge in [-0.1, -0.05) is 18.2 Å². The Balaban J connectivity index is 1.94. The lowest BCUT2D eigenvalue weighted by molar-refractivity contribution is 0.159. The highest BCUT2D eigenvalue weighted by Gasteiger charge is 2.34. The maximum atomic E-state index is 10.1. The first-order valence-corrected chi connectivity index (χ1v) is 7.02. The van der Waals surface area contributed by atoms with Gasteiger partial charge in [-0.3, -0.25) is 0 Å². The molecule has 3 unspecified atom stereocenters. The van der Waals surface area contributed by atoms with Gasteiger partial charge in [0, 0.05) is 18.3 Å². The second-order valence-electron chi connectivity index (χ2n) is 5.45. The predicted molar refractivity (Wildman–Crippen MR) is 73.9 cm³/mol. The topological polar surface area (TPSA) is 35.5 Å². The molecular weight excluding hydrogens is 224 g/mol. The van der Waals surface area contributed by atoms with Crippen molar-refractivity contribution in [2.75, 3.05) is 18.5 Å².